The van der Waals surface area contributed by atoms with Gasteiger partial charge in [-0.15, -0.1) is 0 Å². The summed E-state index contributed by atoms with van der Waals surface area (Å²) < 4.78 is 0. The average molecular weight is 247 g/mol. The summed E-state index contributed by atoms with van der Waals surface area (Å²) >= 11 is 0. The molecule has 0 spiro atoms. The predicted octanol–water partition coefficient (Wildman–Crippen LogP) is 2.11. The number of nitrogens with one attached hydrogen (secondary N) is 2. The first-order valence-corrected chi connectivity index (χ1v) is 6.40. The fourth-order valence-electron chi connectivity index (χ4n) is 2.12. The molecule has 0 aliphatic carbocycles. The van der Waals surface area contributed by atoms with E-state index >= 15 is 0 Å². The van der Waals surface area contributed by atoms with Crippen LogP contribution >= 0.6 is 0 Å². The fourth-order valence-corrected chi connectivity index (χ4v) is 2.12. The second kappa shape index (κ2) is 4.98. The fraction of sp³-hybridized carbons (Fsp3) is 0.500. The summed E-state index contributed by atoms with van der Waals surface area (Å²) in [5.74, 6) is 0.0760. The number of carbonyl (C=O) groups excluding carboxylic acids is 1. The van der Waals surface area contributed by atoms with Gasteiger partial charge in [-0.2, -0.15) is 0 Å². The van der Waals surface area contributed by atoms with Gasteiger partial charge in [-0.25, -0.2) is 0 Å². The zero-order chi connectivity index (χ0) is 13.2. The van der Waals surface area contributed by atoms with Crippen LogP contribution in [0.25, 0.3) is 0 Å². The van der Waals surface area contributed by atoms with Crippen LogP contribution in [-0.4, -0.2) is 18.0 Å². The van der Waals surface area contributed by atoms with E-state index in [0.717, 1.165) is 36.3 Å². The highest BCUT2D eigenvalue weighted by Gasteiger charge is 2.17. The first kappa shape index (κ1) is 12.9. The van der Waals surface area contributed by atoms with E-state index in [4.69, 9.17) is 5.73 Å². The minimum absolute atomic E-state index is 0.0760. The summed E-state index contributed by atoms with van der Waals surface area (Å²) in [5.41, 5.74) is 8.91. The summed E-state index contributed by atoms with van der Waals surface area (Å²) in [6, 6.07) is 5.99. The topological polar surface area (TPSA) is 67.1 Å². The van der Waals surface area contributed by atoms with E-state index in [-0.39, 0.29) is 11.4 Å². The Morgan fingerprint density at radius 1 is 1.44 bits per heavy atom. The van der Waals surface area contributed by atoms with Crippen molar-refractivity contribution in [1.82, 2.24) is 0 Å². The maximum atomic E-state index is 11.2. The third-order valence-corrected chi connectivity index (χ3v) is 3.06. The van der Waals surface area contributed by atoms with Crippen LogP contribution in [-0.2, 0) is 11.2 Å². The van der Waals surface area contributed by atoms with Crippen molar-refractivity contribution < 1.29 is 4.79 Å². The largest absolute Gasteiger partial charge is 0.385 e. The van der Waals surface area contributed by atoms with Crippen molar-refractivity contribution in [3.8, 4) is 0 Å². The predicted molar refractivity (Wildman–Crippen MR) is 74.8 cm³/mol. The molecule has 98 valence electrons. The molecule has 0 unspecified atom stereocenters. The van der Waals surface area contributed by atoms with Gasteiger partial charge in [0.25, 0.3) is 0 Å². The van der Waals surface area contributed by atoms with Crippen molar-refractivity contribution >= 4 is 17.3 Å². The highest BCUT2D eigenvalue weighted by atomic mass is 16.1. The second-order valence-electron chi connectivity index (χ2n) is 5.62. The standard InChI is InChI=1S/C14H21N3O/c1-14(2,15)6-3-7-16-11-4-5-12-10(8-11)9-13(18)17-12/h4-5,8,16H,3,6-7,9,15H2,1-2H3,(H,17,18). The van der Waals surface area contributed by atoms with Crippen LogP contribution in [0.4, 0.5) is 11.4 Å². The van der Waals surface area contributed by atoms with E-state index < -0.39 is 0 Å². The lowest BCUT2D eigenvalue weighted by Crippen LogP contribution is -2.32. The van der Waals surface area contributed by atoms with E-state index in [1.54, 1.807) is 0 Å². The molecule has 1 aliphatic rings. The first-order valence-electron chi connectivity index (χ1n) is 6.40. The minimum atomic E-state index is -0.101. The normalized spacial score (nSPS) is 14.3. The first-order chi connectivity index (χ1) is 8.44. The van der Waals surface area contributed by atoms with Gasteiger partial charge >= 0.3 is 0 Å². The molecule has 1 aromatic carbocycles. The van der Waals surface area contributed by atoms with Crippen molar-refractivity contribution in [3.05, 3.63) is 23.8 Å². The van der Waals surface area contributed by atoms with E-state index in [1.165, 1.54) is 0 Å². The van der Waals surface area contributed by atoms with Gasteiger partial charge in [0.15, 0.2) is 0 Å². The molecule has 0 atom stereocenters. The Labute approximate surface area is 108 Å². The second-order valence-corrected chi connectivity index (χ2v) is 5.62. The molecular weight excluding hydrogens is 226 g/mol. The number of hydrogen-bond donors (Lipinski definition) is 3. The third-order valence-electron chi connectivity index (χ3n) is 3.06. The minimum Gasteiger partial charge on any atom is -0.385 e. The monoisotopic (exact) mass is 247 g/mol. The quantitative estimate of drug-likeness (QED) is 0.698. The summed E-state index contributed by atoms with van der Waals surface area (Å²) in [6.45, 7) is 4.99. The zero-order valence-corrected chi connectivity index (χ0v) is 11.0. The number of hydrogen-bond acceptors (Lipinski definition) is 3. The van der Waals surface area contributed by atoms with Crippen LogP contribution in [0.5, 0.6) is 0 Å². The van der Waals surface area contributed by atoms with Gasteiger partial charge in [0.2, 0.25) is 5.91 Å². The molecule has 0 fully saturated rings. The summed E-state index contributed by atoms with van der Waals surface area (Å²) in [4.78, 5) is 11.2. The maximum absolute atomic E-state index is 11.2. The molecule has 4 N–H and O–H groups in total. The number of anilines is 2. The Morgan fingerprint density at radius 2 is 2.22 bits per heavy atom. The van der Waals surface area contributed by atoms with Gasteiger partial charge in [0.05, 0.1) is 6.42 Å². The average Bonchev–Trinajstić information content (AvgIpc) is 2.62. The van der Waals surface area contributed by atoms with Gasteiger partial charge in [-0.1, -0.05) is 0 Å². The lowest BCUT2D eigenvalue weighted by Gasteiger charge is -2.18. The Morgan fingerprint density at radius 3 is 2.94 bits per heavy atom. The molecule has 0 bridgehead atoms. The summed E-state index contributed by atoms with van der Waals surface area (Å²) in [6.07, 6.45) is 2.52. The zero-order valence-electron chi connectivity index (χ0n) is 11.0. The lowest BCUT2D eigenvalue weighted by atomic mass is 10.0. The lowest BCUT2D eigenvalue weighted by molar-refractivity contribution is -0.115. The Balaban J connectivity index is 1.84. The summed E-state index contributed by atoms with van der Waals surface area (Å²) in [7, 11) is 0. The Bertz CT molecular complexity index is 449. The number of rotatable bonds is 5. The van der Waals surface area contributed by atoms with Crippen molar-refractivity contribution in [2.24, 2.45) is 5.73 Å². The van der Waals surface area contributed by atoms with Crippen molar-refractivity contribution in [2.45, 2.75) is 38.6 Å². The van der Waals surface area contributed by atoms with Crippen molar-refractivity contribution in [3.63, 3.8) is 0 Å². The Kier molecular flexibility index (Phi) is 3.57. The molecule has 0 saturated heterocycles. The molecule has 1 aromatic rings. The van der Waals surface area contributed by atoms with Gasteiger partial charge in [0.1, 0.15) is 0 Å². The third kappa shape index (κ3) is 3.47. The van der Waals surface area contributed by atoms with Crippen LogP contribution in [0.15, 0.2) is 18.2 Å². The molecule has 4 heteroatoms. The van der Waals surface area contributed by atoms with Crippen LogP contribution in [0.2, 0.25) is 0 Å². The van der Waals surface area contributed by atoms with Gasteiger partial charge in [-0.3, -0.25) is 4.79 Å². The van der Waals surface area contributed by atoms with Crippen LogP contribution in [0, 0.1) is 0 Å². The summed E-state index contributed by atoms with van der Waals surface area (Å²) in [5, 5.41) is 6.20. The smallest absolute Gasteiger partial charge is 0.228 e. The highest BCUT2D eigenvalue weighted by molar-refractivity contribution is 5.99. The molecule has 0 aromatic heterocycles. The molecule has 0 radical (unpaired) electrons. The van der Waals surface area contributed by atoms with Gasteiger partial charge in [0, 0.05) is 23.5 Å². The molecule has 1 amide bonds. The highest BCUT2D eigenvalue weighted by Crippen LogP contribution is 2.25. The van der Waals surface area contributed by atoms with Crippen LogP contribution < -0.4 is 16.4 Å². The Hall–Kier alpha value is -1.55. The van der Waals surface area contributed by atoms with Crippen molar-refractivity contribution in [1.29, 1.82) is 0 Å². The van der Waals surface area contributed by atoms with Crippen molar-refractivity contribution in [2.75, 3.05) is 17.2 Å². The van der Waals surface area contributed by atoms with E-state index in [0.29, 0.717) is 6.42 Å². The van der Waals surface area contributed by atoms with Crippen LogP contribution in [0.1, 0.15) is 32.3 Å². The number of benzene rings is 1. The molecule has 1 aliphatic heterocycles. The molecule has 1 heterocycles. The van der Waals surface area contributed by atoms with E-state index in [2.05, 4.69) is 10.6 Å². The molecule has 4 nitrogen and oxygen atoms in total. The molecule has 2 rings (SSSR count). The molecular formula is C14H21N3O. The molecule has 0 saturated carbocycles. The van der Waals surface area contributed by atoms with Crippen LogP contribution in [0.3, 0.4) is 0 Å². The number of nitrogens with two attached hydrogens (primary N) is 1. The SMILES string of the molecule is CC(C)(N)CCCNc1ccc2c(c1)CC(=O)N2. The van der Waals surface area contributed by atoms with Gasteiger partial charge in [-0.05, 0) is 50.5 Å². The number of amides is 1. The number of fused-ring (bicyclic) bond motifs is 1. The number of carbonyl (C=O) groups is 1. The van der Waals surface area contributed by atoms with E-state index in [1.807, 2.05) is 32.0 Å². The molecule has 18 heavy (non-hydrogen) atoms. The van der Waals surface area contributed by atoms with Gasteiger partial charge < -0.3 is 16.4 Å². The maximum Gasteiger partial charge on any atom is 0.228 e. The van der Waals surface area contributed by atoms with E-state index in [9.17, 15) is 4.79 Å².